The van der Waals surface area contributed by atoms with Gasteiger partial charge in [0.1, 0.15) is 0 Å². The number of aryl methyl sites for hydroxylation is 1. The van der Waals surface area contributed by atoms with Gasteiger partial charge in [0.15, 0.2) is 0 Å². The minimum Gasteiger partial charge on any atom is -0.355 e. The van der Waals surface area contributed by atoms with Gasteiger partial charge in [-0.05, 0) is 47.1 Å². The Morgan fingerprint density at radius 2 is 1.83 bits per heavy atom. The molecule has 0 atom stereocenters. The summed E-state index contributed by atoms with van der Waals surface area (Å²) in [6.07, 6.45) is 8.17. The van der Waals surface area contributed by atoms with E-state index in [2.05, 4.69) is 68.2 Å². The average Bonchev–Trinajstić information content (AvgIpc) is 3.08. The molecule has 2 aliphatic carbocycles. The Labute approximate surface area is 142 Å². The van der Waals surface area contributed by atoms with Gasteiger partial charge < -0.3 is 4.98 Å². The molecule has 0 spiro atoms. The van der Waals surface area contributed by atoms with Gasteiger partial charge in [0.05, 0.1) is 5.52 Å². The predicted octanol–water partition coefficient (Wildman–Crippen LogP) is 4.39. The standard InChI is InChI=1S/C23H23N/c1-4-14-13-17-15-9-5-7-11-18(15)23(2,3)21(17)22-20(14)16-10-6-8-12-19(16)24-22/h5,7,9-13,24H,4,6,8H2,1-3H3. The van der Waals surface area contributed by atoms with E-state index in [0.717, 1.165) is 19.3 Å². The van der Waals surface area contributed by atoms with Crippen LogP contribution < -0.4 is 10.6 Å². The van der Waals surface area contributed by atoms with Crippen LogP contribution in [-0.4, -0.2) is 4.98 Å². The molecule has 0 saturated carbocycles. The van der Waals surface area contributed by atoms with E-state index < -0.39 is 0 Å². The van der Waals surface area contributed by atoms with Crippen molar-refractivity contribution in [1.82, 2.24) is 4.98 Å². The van der Waals surface area contributed by atoms with Crippen molar-refractivity contribution in [2.24, 2.45) is 0 Å². The molecule has 2 aliphatic rings. The fraction of sp³-hybridized carbons (Fsp3) is 0.304. The lowest BCUT2D eigenvalue weighted by Gasteiger charge is -2.22. The van der Waals surface area contributed by atoms with Crippen LogP contribution in [0.4, 0.5) is 0 Å². The van der Waals surface area contributed by atoms with Gasteiger partial charge in [0.25, 0.3) is 0 Å². The molecule has 24 heavy (non-hydrogen) atoms. The van der Waals surface area contributed by atoms with E-state index in [0.29, 0.717) is 0 Å². The highest BCUT2D eigenvalue weighted by Crippen LogP contribution is 2.51. The summed E-state index contributed by atoms with van der Waals surface area (Å²) in [5.41, 5.74) is 8.66. The van der Waals surface area contributed by atoms with E-state index in [-0.39, 0.29) is 5.41 Å². The molecule has 1 heterocycles. The van der Waals surface area contributed by atoms with Gasteiger partial charge in [-0.15, -0.1) is 0 Å². The lowest BCUT2D eigenvalue weighted by atomic mass is 9.81. The fourth-order valence-corrected chi connectivity index (χ4v) is 4.87. The second-order valence-electron chi connectivity index (χ2n) is 7.67. The maximum absolute atomic E-state index is 3.79. The summed E-state index contributed by atoms with van der Waals surface area (Å²) < 4.78 is 0. The topological polar surface area (TPSA) is 15.8 Å². The van der Waals surface area contributed by atoms with Crippen molar-refractivity contribution in [3.05, 3.63) is 57.6 Å². The van der Waals surface area contributed by atoms with Crippen molar-refractivity contribution < 1.29 is 0 Å². The van der Waals surface area contributed by atoms with E-state index in [1.807, 2.05) is 0 Å². The minimum atomic E-state index is 0.0455. The van der Waals surface area contributed by atoms with Crippen molar-refractivity contribution in [3.63, 3.8) is 0 Å². The van der Waals surface area contributed by atoms with Gasteiger partial charge in [-0.3, -0.25) is 0 Å². The summed E-state index contributed by atoms with van der Waals surface area (Å²) >= 11 is 0. The molecule has 120 valence electrons. The Morgan fingerprint density at radius 1 is 1.04 bits per heavy atom. The Morgan fingerprint density at radius 3 is 2.67 bits per heavy atom. The first-order valence-corrected chi connectivity index (χ1v) is 9.11. The second-order valence-corrected chi connectivity index (χ2v) is 7.67. The zero-order chi connectivity index (χ0) is 16.5. The van der Waals surface area contributed by atoms with Crippen molar-refractivity contribution in [2.45, 2.75) is 45.4 Å². The van der Waals surface area contributed by atoms with Gasteiger partial charge in [0.2, 0.25) is 0 Å². The number of fused-ring (bicyclic) bond motifs is 7. The molecule has 0 aliphatic heterocycles. The smallest absolute Gasteiger partial charge is 0.0515 e. The maximum Gasteiger partial charge on any atom is 0.0515 e. The first kappa shape index (κ1) is 14.1. The molecular formula is C23H23N. The molecule has 1 N–H and O–H groups in total. The van der Waals surface area contributed by atoms with Crippen LogP contribution in [0.5, 0.6) is 0 Å². The molecule has 5 rings (SSSR count). The molecule has 1 aromatic heterocycles. The van der Waals surface area contributed by atoms with E-state index in [9.17, 15) is 0 Å². The summed E-state index contributed by atoms with van der Waals surface area (Å²) in [6.45, 7) is 7.02. The molecule has 0 saturated heterocycles. The number of benzene rings is 2. The Balaban J connectivity index is 2.03. The van der Waals surface area contributed by atoms with Crippen molar-refractivity contribution in [2.75, 3.05) is 0 Å². The predicted molar refractivity (Wildman–Crippen MR) is 103 cm³/mol. The number of H-pyrrole nitrogens is 1. The normalized spacial score (nSPS) is 17.0. The first-order chi connectivity index (χ1) is 11.6. The molecule has 0 unspecified atom stereocenters. The van der Waals surface area contributed by atoms with Crippen LogP contribution in [0, 0.1) is 0 Å². The number of rotatable bonds is 1. The van der Waals surface area contributed by atoms with Gasteiger partial charge in [-0.1, -0.05) is 63.3 Å². The summed E-state index contributed by atoms with van der Waals surface area (Å²) in [5, 5.41) is 4.22. The highest BCUT2D eigenvalue weighted by Gasteiger charge is 2.37. The largest absolute Gasteiger partial charge is 0.355 e. The van der Waals surface area contributed by atoms with Crippen LogP contribution in [0.2, 0.25) is 0 Å². The van der Waals surface area contributed by atoms with Crippen LogP contribution in [0.25, 0.3) is 34.2 Å². The molecule has 0 bridgehead atoms. The zero-order valence-corrected chi connectivity index (χ0v) is 14.7. The third-order valence-corrected chi connectivity index (χ3v) is 5.99. The Hall–Kier alpha value is -2.28. The summed E-state index contributed by atoms with van der Waals surface area (Å²) in [7, 11) is 0. The molecule has 0 fully saturated rings. The molecule has 0 radical (unpaired) electrons. The molecule has 0 amide bonds. The molecule has 1 heteroatoms. The van der Waals surface area contributed by atoms with Crippen LogP contribution >= 0.6 is 0 Å². The van der Waals surface area contributed by atoms with Crippen LogP contribution in [-0.2, 0) is 11.8 Å². The lowest BCUT2D eigenvalue weighted by molar-refractivity contribution is 0.665. The number of hydrogen-bond acceptors (Lipinski definition) is 0. The van der Waals surface area contributed by atoms with Crippen LogP contribution in [0.15, 0.2) is 30.3 Å². The van der Waals surface area contributed by atoms with Gasteiger partial charge >= 0.3 is 0 Å². The second kappa shape index (κ2) is 4.63. The Bertz CT molecular complexity index is 1110. The average molecular weight is 313 g/mol. The molecular weight excluding hydrogens is 290 g/mol. The molecule has 2 aromatic carbocycles. The lowest BCUT2D eigenvalue weighted by Crippen LogP contribution is -2.25. The fourth-order valence-electron chi connectivity index (χ4n) is 4.87. The molecule has 3 aromatic rings. The van der Waals surface area contributed by atoms with Gasteiger partial charge in [-0.2, -0.15) is 0 Å². The van der Waals surface area contributed by atoms with Crippen LogP contribution in [0.3, 0.4) is 0 Å². The van der Waals surface area contributed by atoms with E-state index in [4.69, 9.17) is 0 Å². The van der Waals surface area contributed by atoms with Crippen molar-refractivity contribution in [3.8, 4) is 11.1 Å². The van der Waals surface area contributed by atoms with E-state index >= 15 is 0 Å². The summed E-state index contributed by atoms with van der Waals surface area (Å²) in [4.78, 5) is 3.79. The minimum absolute atomic E-state index is 0.0455. The number of aromatic nitrogens is 1. The number of hydrogen-bond donors (Lipinski definition) is 1. The third kappa shape index (κ3) is 1.60. The van der Waals surface area contributed by atoms with E-state index in [1.54, 1.807) is 0 Å². The van der Waals surface area contributed by atoms with Gasteiger partial charge in [-0.25, -0.2) is 0 Å². The van der Waals surface area contributed by atoms with Crippen molar-refractivity contribution in [1.29, 1.82) is 0 Å². The summed E-state index contributed by atoms with van der Waals surface area (Å²) in [5.74, 6) is 0. The highest BCUT2D eigenvalue weighted by molar-refractivity contribution is 5.98. The van der Waals surface area contributed by atoms with Gasteiger partial charge in [0, 0.05) is 21.4 Å². The monoisotopic (exact) mass is 313 g/mol. The third-order valence-electron chi connectivity index (χ3n) is 5.99. The highest BCUT2D eigenvalue weighted by atomic mass is 14.7. The quantitative estimate of drug-likeness (QED) is 0.686. The SMILES string of the molecule is CCc1cc2c(c3[nH]c4c(c13)=CCCC=4)C(C)(C)c1ccccc1-2. The Kier molecular flexibility index (Phi) is 2.72. The molecule has 1 nitrogen and oxygen atoms in total. The summed E-state index contributed by atoms with van der Waals surface area (Å²) in [6, 6.07) is 11.4. The number of aromatic amines is 1. The van der Waals surface area contributed by atoms with Crippen LogP contribution in [0.1, 0.15) is 50.3 Å². The van der Waals surface area contributed by atoms with E-state index in [1.165, 1.54) is 49.3 Å². The van der Waals surface area contributed by atoms with Crippen molar-refractivity contribution >= 4 is 23.1 Å². The first-order valence-electron chi connectivity index (χ1n) is 9.11. The maximum atomic E-state index is 3.79. The number of nitrogens with one attached hydrogen (secondary N) is 1. The zero-order valence-electron chi connectivity index (χ0n) is 14.7.